The number of urea groups is 1. The Labute approximate surface area is 152 Å². The van der Waals surface area contributed by atoms with E-state index in [0.717, 1.165) is 4.47 Å². The highest BCUT2D eigenvalue weighted by Crippen LogP contribution is 2.15. The van der Waals surface area contributed by atoms with Gasteiger partial charge in [-0.3, -0.25) is 4.79 Å². The van der Waals surface area contributed by atoms with E-state index in [0.29, 0.717) is 11.4 Å². The van der Waals surface area contributed by atoms with Crippen LogP contribution in [-0.4, -0.2) is 24.0 Å². The van der Waals surface area contributed by atoms with Crippen molar-refractivity contribution in [2.45, 2.75) is 13.0 Å². The van der Waals surface area contributed by atoms with Gasteiger partial charge >= 0.3 is 12.0 Å². The fraction of sp³-hybridized carbons (Fsp3) is 0.118. The summed E-state index contributed by atoms with van der Waals surface area (Å²) in [4.78, 5) is 35.1. The van der Waals surface area contributed by atoms with Gasteiger partial charge in [0, 0.05) is 15.8 Å². The van der Waals surface area contributed by atoms with Gasteiger partial charge < -0.3 is 21.1 Å². The zero-order valence-corrected chi connectivity index (χ0v) is 14.9. The molecule has 0 radical (unpaired) electrons. The van der Waals surface area contributed by atoms with Crippen LogP contribution in [0.25, 0.3) is 0 Å². The van der Waals surface area contributed by atoms with Crippen molar-refractivity contribution in [3.8, 4) is 0 Å². The Balaban J connectivity index is 1.98. The molecule has 0 fully saturated rings. The van der Waals surface area contributed by atoms with Gasteiger partial charge in [-0.2, -0.15) is 0 Å². The second-order valence-electron chi connectivity index (χ2n) is 5.11. The number of hydrogen-bond donors (Lipinski definition) is 3. The molecule has 3 amide bonds. The molecule has 25 heavy (non-hydrogen) atoms. The molecule has 2 aromatic carbocycles. The lowest BCUT2D eigenvalue weighted by atomic mass is 10.2. The number of nitrogens with two attached hydrogens (primary N) is 1. The molecule has 0 unspecified atom stereocenters. The van der Waals surface area contributed by atoms with Crippen molar-refractivity contribution in [2.24, 2.45) is 5.73 Å². The van der Waals surface area contributed by atoms with Crippen LogP contribution < -0.4 is 16.4 Å². The topological polar surface area (TPSA) is 111 Å². The summed E-state index contributed by atoms with van der Waals surface area (Å²) in [5, 5.41) is 5.01. The zero-order chi connectivity index (χ0) is 18.4. The first kappa shape index (κ1) is 18.5. The number of carbonyl (C=O) groups excluding carboxylic acids is 3. The average Bonchev–Trinajstić information content (AvgIpc) is 2.56. The Bertz CT molecular complexity index is 793. The molecule has 0 saturated carbocycles. The van der Waals surface area contributed by atoms with Gasteiger partial charge in [0.2, 0.25) is 0 Å². The Morgan fingerprint density at radius 3 is 2.36 bits per heavy atom. The van der Waals surface area contributed by atoms with Crippen molar-refractivity contribution in [3.05, 3.63) is 58.6 Å². The Morgan fingerprint density at radius 1 is 1.04 bits per heavy atom. The summed E-state index contributed by atoms with van der Waals surface area (Å²) < 4.78 is 6.03. The second-order valence-corrected chi connectivity index (χ2v) is 6.03. The van der Waals surface area contributed by atoms with Gasteiger partial charge in [0.25, 0.3) is 5.91 Å². The predicted molar refractivity (Wildman–Crippen MR) is 97.3 cm³/mol. The Kier molecular flexibility index (Phi) is 6.13. The van der Waals surface area contributed by atoms with Crippen LogP contribution in [0.3, 0.4) is 0 Å². The zero-order valence-electron chi connectivity index (χ0n) is 13.3. The number of esters is 1. The average molecular weight is 406 g/mol. The maximum atomic E-state index is 12.1. The van der Waals surface area contributed by atoms with Crippen LogP contribution >= 0.6 is 15.9 Å². The van der Waals surface area contributed by atoms with E-state index >= 15 is 0 Å². The number of rotatable bonds is 5. The molecule has 8 heteroatoms. The van der Waals surface area contributed by atoms with E-state index in [1.54, 1.807) is 36.4 Å². The molecule has 0 bridgehead atoms. The van der Waals surface area contributed by atoms with E-state index < -0.39 is 24.0 Å². The van der Waals surface area contributed by atoms with Gasteiger partial charge in [-0.25, -0.2) is 9.59 Å². The summed E-state index contributed by atoms with van der Waals surface area (Å²) in [7, 11) is 0. The molecule has 2 rings (SSSR count). The number of primary amides is 1. The summed E-state index contributed by atoms with van der Waals surface area (Å²) in [5.41, 5.74) is 6.16. The van der Waals surface area contributed by atoms with Crippen LogP contribution in [0.1, 0.15) is 17.3 Å². The molecule has 0 aromatic heterocycles. The molecule has 0 aliphatic carbocycles. The highest BCUT2D eigenvalue weighted by atomic mass is 79.9. The molecular weight excluding hydrogens is 390 g/mol. The molecule has 0 spiro atoms. The molecule has 0 saturated heterocycles. The third kappa shape index (κ3) is 5.61. The van der Waals surface area contributed by atoms with Crippen molar-refractivity contribution in [1.29, 1.82) is 0 Å². The highest BCUT2D eigenvalue weighted by Gasteiger charge is 2.19. The Hall–Kier alpha value is -2.87. The van der Waals surface area contributed by atoms with Gasteiger partial charge in [-0.05, 0) is 49.4 Å². The van der Waals surface area contributed by atoms with Crippen LogP contribution in [-0.2, 0) is 9.53 Å². The van der Waals surface area contributed by atoms with Crippen LogP contribution in [0.15, 0.2) is 53.0 Å². The van der Waals surface area contributed by atoms with Gasteiger partial charge in [0.1, 0.15) is 0 Å². The summed E-state index contributed by atoms with van der Waals surface area (Å²) in [6, 6.07) is 12.3. The Morgan fingerprint density at radius 2 is 1.72 bits per heavy atom. The molecule has 2 aromatic rings. The molecule has 130 valence electrons. The van der Waals surface area contributed by atoms with Gasteiger partial charge in [0.15, 0.2) is 6.10 Å². The molecule has 7 nitrogen and oxygen atoms in total. The molecule has 4 N–H and O–H groups in total. The number of hydrogen-bond acceptors (Lipinski definition) is 4. The number of benzene rings is 2. The van der Waals surface area contributed by atoms with Crippen molar-refractivity contribution < 1.29 is 19.1 Å². The molecule has 0 aliphatic rings. The number of anilines is 2. The SMILES string of the molecule is C[C@H](OC(=O)c1cccc(NC(N)=O)c1)C(=O)Nc1ccc(Br)cc1. The van der Waals surface area contributed by atoms with E-state index in [9.17, 15) is 14.4 Å². The lowest BCUT2D eigenvalue weighted by molar-refractivity contribution is -0.123. The summed E-state index contributed by atoms with van der Waals surface area (Å²) >= 11 is 3.30. The largest absolute Gasteiger partial charge is 0.449 e. The first-order chi connectivity index (χ1) is 11.8. The van der Waals surface area contributed by atoms with Gasteiger partial charge in [-0.1, -0.05) is 22.0 Å². The lowest BCUT2D eigenvalue weighted by Crippen LogP contribution is -2.30. The van der Waals surface area contributed by atoms with E-state index in [-0.39, 0.29) is 5.56 Å². The monoisotopic (exact) mass is 405 g/mol. The minimum Gasteiger partial charge on any atom is -0.449 e. The summed E-state index contributed by atoms with van der Waals surface area (Å²) in [6.45, 7) is 1.47. The van der Waals surface area contributed by atoms with E-state index in [1.165, 1.54) is 19.1 Å². The summed E-state index contributed by atoms with van der Waals surface area (Å²) in [5.74, 6) is -1.14. The molecule has 0 aliphatic heterocycles. The number of halogens is 1. The van der Waals surface area contributed by atoms with Crippen molar-refractivity contribution in [1.82, 2.24) is 0 Å². The van der Waals surface area contributed by atoms with Crippen molar-refractivity contribution in [2.75, 3.05) is 10.6 Å². The predicted octanol–water partition coefficient (Wildman–Crippen LogP) is 3.12. The van der Waals surface area contributed by atoms with Crippen molar-refractivity contribution >= 4 is 45.2 Å². The second kappa shape index (κ2) is 8.29. The summed E-state index contributed by atoms with van der Waals surface area (Å²) in [6.07, 6.45) is -0.996. The molecule has 0 heterocycles. The minimum atomic E-state index is -0.996. The third-order valence-electron chi connectivity index (χ3n) is 3.13. The maximum absolute atomic E-state index is 12.1. The third-order valence-corrected chi connectivity index (χ3v) is 3.66. The highest BCUT2D eigenvalue weighted by molar-refractivity contribution is 9.10. The number of amides is 3. The molecule has 1 atom stereocenters. The fourth-order valence-corrected chi connectivity index (χ4v) is 2.19. The van der Waals surface area contributed by atoms with E-state index in [1.807, 2.05) is 0 Å². The number of nitrogens with one attached hydrogen (secondary N) is 2. The maximum Gasteiger partial charge on any atom is 0.338 e. The van der Waals surface area contributed by atoms with Crippen LogP contribution in [0.2, 0.25) is 0 Å². The quantitative estimate of drug-likeness (QED) is 0.663. The minimum absolute atomic E-state index is 0.189. The van der Waals surface area contributed by atoms with Gasteiger partial charge in [0.05, 0.1) is 5.56 Å². The number of carbonyl (C=O) groups is 3. The van der Waals surface area contributed by atoms with Crippen molar-refractivity contribution in [3.63, 3.8) is 0 Å². The smallest absolute Gasteiger partial charge is 0.338 e. The van der Waals surface area contributed by atoms with Crippen LogP contribution in [0.4, 0.5) is 16.2 Å². The molecular formula is C17H16BrN3O4. The van der Waals surface area contributed by atoms with E-state index in [4.69, 9.17) is 10.5 Å². The van der Waals surface area contributed by atoms with E-state index in [2.05, 4.69) is 26.6 Å². The fourth-order valence-electron chi connectivity index (χ4n) is 1.93. The van der Waals surface area contributed by atoms with Crippen LogP contribution in [0, 0.1) is 0 Å². The lowest BCUT2D eigenvalue weighted by Gasteiger charge is -2.14. The first-order valence-corrected chi connectivity index (χ1v) is 8.08. The normalized spacial score (nSPS) is 11.3. The number of ether oxygens (including phenoxy) is 1. The first-order valence-electron chi connectivity index (χ1n) is 7.29. The standard InChI is InChI=1S/C17H16BrN3O4/c1-10(15(22)20-13-7-5-12(18)6-8-13)25-16(23)11-3-2-4-14(9-11)21-17(19)24/h2-10H,1H3,(H,20,22)(H3,19,21,24)/t10-/m0/s1. The van der Waals surface area contributed by atoms with Crippen LogP contribution in [0.5, 0.6) is 0 Å². The van der Waals surface area contributed by atoms with Gasteiger partial charge in [-0.15, -0.1) is 0 Å².